The van der Waals surface area contributed by atoms with Gasteiger partial charge in [-0.15, -0.1) is 0 Å². The molecule has 2 aliphatic rings. The van der Waals surface area contributed by atoms with Crippen molar-refractivity contribution < 1.29 is 0 Å². The number of allylic oxidation sites excluding steroid dienone is 1. The molecule has 0 radical (unpaired) electrons. The molecule has 0 aromatic heterocycles. The van der Waals surface area contributed by atoms with Crippen molar-refractivity contribution in [3.63, 3.8) is 0 Å². The lowest BCUT2D eigenvalue weighted by Crippen LogP contribution is -2.47. The molecule has 2 aliphatic carbocycles. The van der Waals surface area contributed by atoms with Crippen LogP contribution in [0.25, 0.3) is 5.57 Å². The van der Waals surface area contributed by atoms with Gasteiger partial charge in [0.25, 0.3) is 0 Å². The van der Waals surface area contributed by atoms with Crippen LogP contribution in [0.15, 0.2) is 24.3 Å². The van der Waals surface area contributed by atoms with Gasteiger partial charge in [0.05, 0.1) is 5.66 Å². The molecule has 2 nitrogen and oxygen atoms in total. The Balaban J connectivity index is 2.33. The molecule has 0 amide bonds. The van der Waals surface area contributed by atoms with Gasteiger partial charge < -0.3 is 11.5 Å². The summed E-state index contributed by atoms with van der Waals surface area (Å²) in [5, 5.41) is 0. The van der Waals surface area contributed by atoms with E-state index in [2.05, 4.69) is 24.3 Å². The molecule has 72 valence electrons. The van der Waals surface area contributed by atoms with Crippen LogP contribution in [0.2, 0.25) is 0 Å². The molecule has 0 aliphatic heterocycles. The summed E-state index contributed by atoms with van der Waals surface area (Å²) in [5.41, 5.74) is 16.8. The van der Waals surface area contributed by atoms with Crippen molar-refractivity contribution >= 4 is 5.57 Å². The Labute approximate surface area is 83.6 Å². The molecule has 0 heterocycles. The number of hydrogen-bond donors (Lipinski definition) is 2. The third-order valence-electron chi connectivity index (χ3n) is 3.32. The summed E-state index contributed by atoms with van der Waals surface area (Å²) in [6, 6.07) is 6.31. The van der Waals surface area contributed by atoms with Crippen molar-refractivity contribution in [1.82, 2.24) is 0 Å². The average molecular weight is 186 g/mol. The molecule has 2 heteroatoms. The smallest absolute Gasteiger partial charge is 0.0940 e. The Kier molecular flexibility index (Phi) is 1.45. The van der Waals surface area contributed by atoms with Crippen LogP contribution >= 0.6 is 0 Å². The van der Waals surface area contributed by atoms with E-state index in [0.29, 0.717) is 0 Å². The van der Waals surface area contributed by atoms with Gasteiger partial charge in [0.1, 0.15) is 0 Å². The maximum atomic E-state index is 6.08. The van der Waals surface area contributed by atoms with E-state index in [4.69, 9.17) is 11.5 Å². The van der Waals surface area contributed by atoms with Crippen molar-refractivity contribution in [2.24, 2.45) is 11.5 Å². The molecular weight excluding hydrogens is 172 g/mol. The monoisotopic (exact) mass is 186 g/mol. The molecule has 0 spiro atoms. The first kappa shape index (κ1) is 8.21. The van der Waals surface area contributed by atoms with E-state index in [1.807, 2.05) is 0 Å². The van der Waals surface area contributed by atoms with Crippen LogP contribution in [0.3, 0.4) is 0 Å². The highest BCUT2D eigenvalue weighted by atomic mass is 15.0. The lowest BCUT2D eigenvalue weighted by molar-refractivity contribution is 0.466. The topological polar surface area (TPSA) is 52.0 Å². The molecule has 0 bridgehead atoms. The van der Waals surface area contributed by atoms with Crippen LogP contribution in [-0.2, 0) is 12.1 Å². The third kappa shape index (κ3) is 0.925. The number of aryl methyl sites for hydroxylation is 1. The highest BCUT2D eigenvalue weighted by molar-refractivity contribution is 5.77. The standard InChI is InChI=1S/C12H14N2/c13-12(14)7-6-9-5-4-8-2-1-3-10(12)11(8)9/h1-3,6H,4-5,7,13-14H2. The predicted molar refractivity (Wildman–Crippen MR) is 57.4 cm³/mol. The van der Waals surface area contributed by atoms with Crippen LogP contribution < -0.4 is 11.5 Å². The molecule has 0 saturated heterocycles. The van der Waals surface area contributed by atoms with Gasteiger partial charge in [-0.2, -0.15) is 0 Å². The van der Waals surface area contributed by atoms with Gasteiger partial charge in [-0.05, 0) is 35.1 Å². The zero-order valence-corrected chi connectivity index (χ0v) is 8.09. The first-order valence-electron chi connectivity index (χ1n) is 5.08. The predicted octanol–water partition coefficient (Wildman–Crippen LogP) is 1.49. The number of rotatable bonds is 0. The largest absolute Gasteiger partial charge is 0.309 e. The van der Waals surface area contributed by atoms with E-state index >= 15 is 0 Å². The fourth-order valence-electron chi connectivity index (χ4n) is 2.58. The summed E-state index contributed by atoms with van der Waals surface area (Å²) >= 11 is 0. The van der Waals surface area contributed by atoms with Crippen LogP contribution in [0, 0.1) is 0 Å². The maximum absolute atomic E-state index is 6.08. The summed E-state index contributed by atoms with van der Waals surface area (Å²) < 4.78 is 0. The first-order valence-corrected chi connectivity index (χ1v) is 5.08. The second-order valence-corrected chi connectivity index (χ2v) is 4.31. The summed E-state index contributed by atoms with van der Waals surface area (Å²) in [6.07, 6.45) is 5.27. The lowest BCUT2D eigenvalue weighted by Gasteiger charge is -2.30. The van der Waals surface area contributed by atoms with Crippen molar-refractivity contribution in [3.05, 3.63) is 41.0 Å². The van der Waals surface area contributed by atoms with Crippen molar-refractivity contribution in [2.45, 2.75) is 24.9 Å². The summed E-state index contributed by atoms with van der Waals surface area (Å²) in [7, 11) is 0. The molecule has 14 heavy (non-hydrogen) atoms. The molecule has 1 aromatic carbocycles. The Morgan fingerprint density at radius 2 is 2.00 bits per heavy atom. The van der Waals surface area contributed by atoms with Gasteiger partial charge in [-0.1, -0.05) is 24.3 Å². The summed E-state index contributed by atoms with van der Waals surface area (Å²) in [5.74, 6) is 0. The Bertz CT molecular complexity index is 430. The molecule has 0 unspecified atom stereocenters. The van der Waals surface area contributed by atoms with Crippen LogP contribution in [0.5, 0.6) is 0 Å². The number of benzene rings is 1. The lowest BCUT2D eigenvalue weighted by atomic mass is 9.84. The quantitative estimate of drug-likeness (QED) is 0.603. The van der Waals surface area contributed by atoms with Crippen molar-refractivity contribution in [3.8, 4) is 0 Å². The zero-order chi connectivity index (χ0) is 9.76. The second-order valence-electron chi connectivity index (χ2n) is 4.31. The fraction of sp³-hybridized carbons (Fsp3) is 0.333. The minimum absolute atomic E-state index is 0.654. The third-order valence-corrected chi connectivity index (χ3v) is 3.32. The van der Waals surface area contributed by atoms with Crippen LogP contribution in [0.1, 0.15) is 29.5 Å². The van der Waals surface area contributed by atoms with Gasteiger partial charge in [0.15, 0.2) is 0 Å². The minimum Gasteiger partial charge on any atom is -0.309 e. The second kappa shape index (κ2) is 2.47. The zero-order valence-electron chi connectivity index (χ0n) is 8.09. The van der Waals surface area contributed by atoms with E-state index in [-0.39, 0.29) is 0 Å². The van der Waals surface area contributed by atoms with Gasteiger partial charge in [-0.25, -0.2) is 0 Å². The fourth-order valence-corrected chi connectivity index (χ4v) is 2.58. The molecule has 0 fully saturated rings. The van der Waals surface area contributed by atoms with Crippen molar-refractivity contribution in [1.29, 1.82) is 0 Å². The Morgan fingerprint density at radius 1 is 1.14 bits per heavy atom. The highest BCUT2D eigenvalue weighted by Gasteiger charge is 2.32. The Morgan fingerprint density at radius 3 is 2.86 bits per heavy atom. The maximum Gasteiger partial charge on any atom is 0.0940 e. The van der Waals surface area contributed by atoms with Crippen LogP contribution in [-0.4, -0.2) is 0 Å². The normalized spacial score (nSPS) is 21.7. The minimum atomic E-state index is -0.654. The highest BCUT2D eigenvalue weighted by Crippen LogP contribution is 2.41. The summed E-state index contributed by atoms with van der Waals surface area (Å²) in [4.78, 5) is 0. The SMILES string of the molecule is NC1(N)CC=C2CCc3cccc1c32. The summed E-state index contributed by atoms with van der Waals surface area (Å²) in [6.45, 7) is 0. The van der Waals surface area contributed by atoms with E-state index in [0.717, 1.165) is 24.8 Å². The van der Waals surface area contributed by atoms with Crippen LogP contribution in [0.4, 0.5) is 0 Å². The number of nitrogens with two attached hydrogens (primary N) is 2. The average Bonchev–Trinajstić information content (AvgIpc) is 2.57. The molecule has 3 rings (SSSR count). The van der Waals surface area contributed by atoms with Gasteiger partial charge in [0, 0.05) is 6.42 Å². The van der Waals surface area contributed by atoms with E-state index in [1.54, 1.807) is 0 Å². The van der Waals surface area contributed by atoms with Gasteiger partial charge in [0.2, 0.25) is 0 Å². The molecule has 1 aromatic rings. The molecular formula is C12H14N2. The van der Waals surface area contributed by atoms with E-state index < -0.39 is 5.66 Å². The van der Waals surface area contributed by atoms with E-state index in [1.165, 1.54) is 16.7 Å². The molecule has 0 atom stereocenters. The molecule has 4 N–H and O–H groups in total. The van der Waals surface area contributed by atoms with Gasteiger partial charge in [-0.3, -0.25) is 0 Å². The van der Waals surface area contributed by atoms with E-state index in [9.17, 15) is 0 Å². The number of hydrogen-bond acceptors (Lipinski definition) is 2. The van der Waals surface area contributed by atoms with Gasteiger partial charge >= 0.3 is 0 Å². The first-order chi connectivity index (χ1) is 6.68. The Hall–Kier alpha value is -1.12. The van der Waals surface area contributed by atoms with Crippen molar-refractivity contribution in [2.75, 3.05) is 0 Å². The molecule has 0 saturated carbocycles.